The average molecular weight is 280 g/mol. The predicted octanol–water partition coefficient (Wildman–Crippen LogP) is 3.07. The molecule has 1 fully saturated rings. The van der Waals surface area contributed by atoms with E-state index in [1.54, 1.807) is 13.3 Å². The summed E-state index contributed by atoms with van der Waals surface area (Å²) in [7, 11) is 1.67. The first kappa shape index (κ1) is 12.3. The number of methoxy groups -OCH3 is 1. The number of hydrogen-bond donors (Lipinski definition) is 0. The van der Waals surface area contributed by atoms with Crippen LogP contribution in [0.1, 0.15) is 31.0 Å². The van der Waals surface area contributed by atoms with Gasteiger partial charge in [-0.2, -0.15) is 9.50 Å². The fraction of sp³-hybridized carbons (Fsp3) is 0.312. The number of ether oxygens (including phenoxy) is 1. The number of fused-ring (bicyclic) bond motifs is 1. The lowest BCUT2D eigenvalue weighted by atomic mass is 9.85. The first-order chi connectivity index (χ1) is 10.3. The Kier molecular flexibility index (Phi) is 2.84. The molecule has 0 bridgehead atoms. The van der Waals surface area contributed by atoms with Crippen molar-refractivity contribution in [2.24, 2.45) is 0 Å². The molecular formula is C16H16N4O. The van der Waals surface area contributed by atoms with Crippen molar-refractivity contribution in [3.63, 3.8) is 0 Å². The summed E-state index contributed by atoms with van der Waals surface area (Å²) in [6.45, 7) is 0. The summed E-state index contributed by atoms with van der Waals surface area (Å²) >= 11 is 0. The highest BCUT2D eigenvalue weighted by atomic mass is 16.5. The fourth-order valence-corrected chi connectivity index (χ4v) is 2.63. The fourth-order valence-electron chi connectivity index (χ4n) is 2.63. The molecular weight excluding hydrogens is 264 g/mol. The SMILES string of the molecule is COc1ccc(-c2ccnc3nc(C4CCC4)nn23)cc1. The van der Waals surface area contributed by atoms with E-state index in [0.29, 0.717) is 11.7 Å². The zero-order valence-electron chi connectivity index (χ0n) is 11.9. The molecule has 21 heavy (non-hydrogen) atoms. The Morgan fingerprint density at radius 2 is 1.95 bits per heavy atom. The molecule has 1 saturated carbocycles. The first-order valence-corrected chi connectivity index (χ1v) is 7.21. The number of hydrogen-bond acceptors (Lipinski definition) is 4. The van der Waals surface area contributed by atoms with Crippen molar-refractivity contribution in [1.82, 2.24) is 19.6 Å². The van der Waals surface area contributed by atoms with Crippen LogP contribution in [0.2, 0.25) is 0 Å². The summed E-state index contributed by atoms with van der Waals surface area (Å²) < 4.78 is 7.05. The lowest BCUT2D eigenvalue weighted by Crippen LogP contribution is -2.10. The standard InChI is InChI=1S/C16H16N4O/c1-21-13-7-5-11(6-8-13)14-9-10-17-16-18-15(19-20(14)16)12-3-2-4-12/h5-10,12H,2-4H2,1H3. The predicted molar refractivity (Wildman–Crippen MR) is 79.4 cm³/mol. The third kappa shape index (κ3) is 2.05. The summed E-state index contributed by atoms with van der Waals surface area (Å²) in [6.07, 6.45) is 5.44. The summed E-state index contributed by atoms with van der Waals surface area (Å²) in [4.78, 5) is 8.90. The second-order valence-electron chi connectivity index (χ2n) is 5.37. The summed E-state index contributed by atoms with van der Waals surface area (Å²) in [5, 5.41) is 4.67. The third-order valence-electron chi connectivity index (χ3n) is 4.11. The van der Waals surface area contributed by atoms with Crippen LogP contribution < -0.4 is 4.74 Å². The average Bonchev–Trinajstić information content (AvgIpc) is 2.88. The van der Waals surface area contributed by atoms with Crippen LogP contribution in [0, 0.1) is 0 Å². The monoisotopic (exact) mass is 280 g/mol. The van der Waals surface area contributed by atoms with Gasteiger partial charge in [-0.25, -0.2) is 4.98 Å². The van der Waals surface area contributed by atoms with Gasteiger partial charge in [-0.1, -0.05) is 6.42 Å². The Morgan fingerprint density at radius 3 is 2.62 bits per heavy atom. The van der Waals surface area contributed by atoms with E-state index in [1.807, 2.05) is 34.8 Å². The lowest BCUT2D eigenvalue weighted by molar-refractivity contribution is 0.402. The molecule has 2 heterocycles. The van der Waals surface area contributed by atoms with Gasteiger partial charge in [0, 0.05) is 17.7 Å². The quantitative estimate of drug-likeness (QED) is 0.740. The van der Waals surface area contributed by atoms with Gasteiger partial charge in [0.15, 0.2) is 5.82 Å². The van der Waals surface area contributed by atoms with Crippen molar-refractivity contribution in [1.29, 1.82) is 0 Å². The molecule has 0 N–H and O–H groups in total. The van der Waals surface area contributed by atoms with E-state index in [0.717, 1.165) is 22.8 Å². The first-order valence-electron chi connectivity index (χ1n) is 7.21. The van der Waals surface area contributed by atoms with Crippen LogP contribution in [0.15, 0.2) is 36.5 Å². The maximum Gasteiger partial charge on any atom is 0.252 e. The normalized spacial score (nSPS) is 15.1. The van der Waals surface area contributed by atoms with Gasteiger partial charge in [-0.15, -0.1) is 5.10 Å². The van der Waals surface area contributed by atoms with Crippen LogP contribution in [0.3, 0.4) is 0 Å². The minimum atomic E-state index is 0.510. The summed E-state index contributed by atoms with van der Waals surface area (Å²) in [5.41, 5.74) is 2.08. The molecule has 0 amide bonds. The van der Waals surface area contributed by atoms with Crippen LogP contribution in [0.4, 0.5) is 0 Å². The Labute approximate surface area is 122 Å². The molecule has 5 heteroatoms. The highest BCUT2D eigenvalue weighted by Gasteiger charge is 2.24. The molecule has 0 aliphatic heterocycles. The lowest BCUT2D eigenvalue weighted by Gasteiger charge is -2.21. The molecule has 0 radical (unpaired) electrons. The maximum atomic E-state index is 5.20. The van der Waals surface area contributed by atoms with Crippen LogP contribution in [-0.4, -0.2) is 26.7 Å². The molecule has 4 rings (SSSR count). The third-order valence-corrected chi connectivity index (χ3v) is 4.11. The van der Waals surface area contributed by atoms with E-state index in [-0.39, 0.29) is 0 Å². The number of rotatable bonds is 3. The van der Waals surface area contributed by atoms with Gasteiger partial charge in [-0.05, 0) is 43.2 Å². The smallest absolute Gasteiger partial charge is 0.252 e. The van der Waals surface area contributed by atoms with Crippen molar-refractivity contribution < 1.29 is 4.74 Å². The van der Waals surface area contributed by atoms with Gasteiger partial charge in [0.25, 0.3) is 5.78 Å². The Balaban J connectivity index is 1.81. The molecule has 3 aromatic rings. The van der Waals surface area contributed by atoms with E-state index in [4.69, 9.17) is 4.74 Å². The number of aromatic nitrogens is 4. The van der Waals surface area contributed by atoms with Gasteiger partial charge < -0.3 is 4.74 Å². The highest BCUT2D eigenvalue weighted by molar-refractivity contribution is 5.62. The van der Waals surface area contributed by atoms with Gasteiger partial charge >= 0.3 is 0 Å². The number of nitrogens with zero attached hydrogens (tertiary/aromatic N) is 4. The van der Waals surface area contributed by atoms with Crippen LogP contribution in [0.25, 0.3) is 17.0 Å². The van der Waals surface area contributed by atoms with Crippen molar-refractivity contribution in [2.45, 2.75) is 25.2 Å². The van der Waals surface area contributed by atoms with Crippen molar-refractivity contribution in [3.05, 3.63) is 42.4 Å². The molecule has 1 aromatic carbocycles. The molecule has 1 aliphatic carbocycles. The second kappa shape index (κ2) is 4.84. The molecule has 1 aliphatic rings. The maximum absolute atomic E-state index is 5.20. The molecule has 5 nitrogen and oxygen atoms in total. The van der Waals surface area contributed by atoms with Gasteiger partial charge in [0.2, 0.25) is 0 Å². The molecule has 0 atom stereocenters. The highest BCUT2D eigenvalue weighted by Crippen LogP contribution is 2.34. The largest absolute Gasteiger partial charge is 0.497 e. The zero-order valence-corrected chi connectivity index (χ0v) is 11.9. The van der Waals surface area contributed by atoms with E-state index in [1.165, 1.54) is 19.3 Å². The zero-order chi connectivity index (χ0) is 14.2. The summed E-state index contributed by atoms with van der Waals surface area (Å²) in [5.74, 6) is 2.95. The van der Waals surface area contributed by atoms with E-state index in [2.05, 4.69) is 15.1 Å². The van der Waals surface area contributed by atoms with Crippen LogP contribution >= 0.6 is 0 Å². The van der Waals surface area contributed by atoms with Crippen LogP contribution in [-0.2, 0) is 0 Å². The van der Waals surface area contributed by atoms with Crippen molar-refractivity contribution in [3.8, 4) is 17.0 Å². The molecule has 106 valence electrons. The summed E-state index contributed by atoms with van der Waals surface area (Å²) in [6, 6.07) is 9.92. The molecule has 2 aromatic heterocycles. The molecule has 0 spiro atoms. The molecule has 0 unspecified atom stereocenters. The van der Waals surface area contributed by atoms with Crippen molar-refractivity contribution >= 4 is 5.78 Å². The Morgan fingerprint density at radius 1 is 1.14 bits per heavy atom. The van der Waals surface area contributed by atoms with Crippen molar-refractivity contribution in [2.75, 3.05) is 7.11 Å². The van der Waals surface area contributed by atoms with Gasteiger partial charge in [0.1, 0.15) is 5.75 Å². The van der Waals surface area contributed by atoms with Gasteiger partial charge in [0.05, 0.1) is 12.8 Å². The van der Waals surface area contributed by atoms with Gasteiger partial charge in [-0.3, -0.25) is 0 Å². The van der Waals surface area contributed by atoms with E-state index >= 15 is 0 Å². The van der Waals surface area contributed by atoms with E-state index < -0.39 is 0 Å². The van der Waals surface area contributed by atoms with Crippen LogP contribution in [0.5, 0.6) is 5.75 Å². The minimum Gasteiger partial charge on any atom is -0.497 e. The number of benzene rings is 1. The molecule has 0 saturated heterocycles. The second-order valence-corrected chi connectivity index (χ2v) is 5.37. The topological polar surface area (TPSA) is 52.3 Å². The Hall–Kier alpha value is -2.43. The minimum absolute atomic E-state index is 0.510. The Bertz CT molecular complexity index is 775. The van der Waals surface area contributed by atoms with E-state index in [9.17, 15) is 0 Å².